The van der Waals surface area contributed by atoms with Crippen molar-refractivity contribution in [3.63, 3.8) is 0 Å². The van der Waals surface area contributed by atoms with E-state index in [4.69, 9.17) is 0 Å². The first-order valence-electron chi connectivity index (χ1n) is 6.05. The van der Waals surface area contributed by atoms with Gasteiger partial charge < -0.3 is 9.30 Å². The lowest BCUT2D eigenvalue weighted by atomic mass is 10.2. The molecular weight excluding hydrogens is 280 g/mol. The maximum atomic E-state index is 4.61. The SMILES string of the molecule is CCC1CCCN1c1nc(Br)cn2ccnc12. The summed E-state index contributed by atoms with van der Waals surface area (Å²) in [5.74, 6) is 1.01. The number of halogens is 1. The molecule has 0 amide bonds. The Bertz CT molecular complexity index is 536. The number of imidazole rings is 1. The summed E-state index contributed by atoms with van der Waals surface area (Å²) in [6.45, 7) is 3.33. The topological polar surface area (TPSA) is 33.4 Å². The van der Waals surface area contributed by atoms with Crippen LogP contribution in [0.1, 0.15) is 26.2 Å². The van der Waals surface area contributed by atoms with E-state index in [0.717, 1.165) is 22.6 Å². The molecule has 1 saturated heterocycles. The quantitative estimate of drug-likeness (QED) is 0.854. The Labute approximate surface area is 109 Å². The maximum Gasteiger partial charge on any atom is 0.180 e. The van der Waals surface area contributed by atoms with Gasteiger partial charge in [0.25, 0.3) is 0 Å². The molecule has 0 aliphatic carbocycles. The number of hydrogen-bond donors (Lipinski definition) is 0. The fourth-order valence-corrected chi connectivity index (χ4v) is 3.01. The van der Waals surface area contributed by atoms with Crippen LogP contribution in [0.4, 0.5) is 5.82 Å². The first kappa shape index (κ1) is 11.0. The van der Waals surface area contributed by atoms with Gasteiger partial charge in [0.2, 0.25) is 0 Å². The number of hydrogen-bond acceptors (Lipinski definition) is 3. The molecule has 1 aliphatic rings. The van der Waals surface area contributed by atoms with Crippen molar-refractivity contribution in [3.8, 4) is 0 Å². The summed E-state index contributed by atoms with van der Waals surface area (Å²) >= 11 is 3.47. The Morgan fingerprint density at radius 1 is 1.53 bits per heavy atom. The molecule has 3 heterocycles. The molecule has 3 rings (SSSR count). The minimum atomic E-state index is 0.609. The van der Waals surface area contributed by atoms with Crippen LogP contribution in [0.2, 0.25) is 0 Å². The van der Waals surface area contributed by atoms with Crippen LogP contribution in [-0.2, 0) is 0 Å². The number of anilines is 1. The zero-order valence-corrected chi connectivity index (χ0v) is 11.4. The van der Waals surface area contributed by atoms with Crippen LogP contribution in [0.25, 0.3) is 5.65 Å². The average molecular weight is 295 g/mol. The van der Waals surface area contributed by atoms with Gasteiger partial charge in [0.15, 0.2) is 11.5 Å². The largest absolute Gasteiger partial charge is 0.351 e. The number of rotatable bonds is 2. The van der Waals surface area contributed by atoms with Gasteiger partial charge in [-0.2, -0.15) is 0 Å². The first-order chi connectivity index (χ1) is 8.29. The average Bonchev–Trinajstić information content (AvgIpc) is 2.95. The fourth-order valence-electron chi connectivity index (χ4n) is 2.62. The Morgan fingerprint density at radius 2 is 2.41 bits per heavy atom. The molecule has 0 radical (unpaired) electrons. The van der Waals surface area contributed by atoms with Crippen molar-refractivity contribution in [3.05, 3.63) is 23.2 Å². The maximum absolute atomic E-state index is 4.61. The Balaban J connectivity index is 2.12. The second-order valence-electron chi connectivity index (χ2n) is 4.44. The van der Waals surface area contributed by atoms with Gasteiger partial charge in [-0.25, -0.2) is 9.97 Å². The van der Waals surface area contributed by atoms with Crippen LogP contribution in [0, 0.1) is 0 Å². The standard InChI is InChI=1S/C12H15BrN4/c1-2-9-4-3-6-17(9)12-11-14-5-7-16(11)8-10(13)15-12/h5,7-9H,2-4,6H2,1H3. The van der Waals surface area contributed by atoms with E-state index in [0.29, 0.717) is 6.04 Å². The van der Waals surface area contributed by atoms with Gasteiger partial charge in [0, 0.05) is 31.2 Å². The summed E-state index contributed by atoms with van der Waals surface area (Å²) in [6.07, 6.45) is 9.41. The van der Waals surface area contributed by atoms with Crippen molar-refractivity contribution >= 4 is 27.4 Å². The first-order valence-corrected chi connectivity index (χ1v) is 6.84. The molecule has 0 spiro atoms. The number of fused-ring (bicyclic) bond motifs is 1. The zero-order valence-electron chi connectivity index (χ0n) is 9.80. The lowest BCUT2D eigenvalue weighted by Crippen LogP contribution is -2.29. The summed E-state index contributed by atoms with van der Waals surface area (Å²) in [4.78, 5) is 11.4. The highest BCUT2D eigenvalue weighted by Crippen LogP contribution is 2.29. The van der Waals surface area contributed by atoms with Gasteiger partial charge in [0.05, 0.1) is 0 Å². The molecule has 4 nitrogen and oxygen atoms in total. The number of nitrogens with zero attached hydrogens (tertiary/aromatic N) is 4. The second-order valence-corrected chi connectivity index (χ2v) is 5.26. The predicted octanol–water partition coefficient (Wildman–Crippen LogP) is 2.87. The molecule has 90 valence electrons. The Morgan fingerprint density at radius 3 is 3.24 bits per heavy atom. The van der Waals surface area contributed by atoms with Crippen LogP contribution < -0.4 is 4.90 Å². The molecular formula is C12H15BrN4. The zero-order chi connectivity index (χ0) is 11.8. The van der Waals surface area contributed by atoms with Crippen molar-refractivity contribution < 1.29 is 0 Å². The second kappa shape index (κ2) is 4.29. The van der Waals surface area contributed by atoms with Gasteiger partial charge >= 0.3 is 0 Å². The fraction of sp³-hybridized carbons (Fsp3) is 0.500. The molecule has 17 heavy (non-hydrogen) atoms. The van der Waals surface area contributed by atoms with Crippen molar-refractivity contribution in [2.75, 3.05) is 11.4 Å². The van der Waals surface area contributed by atoms with Crippen molar-refractivity contribution in [1.82, 2.24) is 14.4 Å². The highest BCUT2D eigenvalue weighted by atomic mass is 79.9. The summed E-state index contributed by atoms with van der Waals surface area (Å²) in [7, 11) is 0. The van der Waals surface area contributed by atoms with E-state index in [9.17, 15) is 0 Å². The molecule has 0 saturated carbocycles. The summed E-state index contributed by atoms with van der Waals surface area (Å²) < 4.78 is 2.89. The van der Waals surface area contributed by atoms with Crippen molar-refractivity contribution in [1.29, 1.82) is 0 Å². The number of aromatic nitrogens is 3. The van der Waals surface area contributed by atoms with Gasteiger partial charge in [-0.1, -0.05) is 6.92 Å². The predicted molar refractivity (Wildman–Crippen MR) is 71.3 cm³/mol. The van der Waals surface area contributed by atoms with Crippen LogP contribution in [-0.4, -0.2) is 27.0 Å². The van der Waals surface area contributed by atoms with Gasteiger partial charge in [-0.15, -0.1) is 0 Å². The summed E-state index contributed by atoms with van der Waals surface area (Å²) in [6, 6.07) is 0.609. The monoisotopic (exact) mass is 294 g/mol. The van der Waals surface area contributed by atoms with Crippen LogP contribution in [0.3, 0.4) is 0 Å². The van der Waals surface area contributed by atoms with E-state index in [2.05, 4.69) is 37.7 Å². The lowest BCUT2D eigenvalue weighted by Gasteiger charge is -2.25. The van der Waals surface area contributed by atoms with E-state index >= 15 is 0 Å². The molecule has 2 aromatic rings. The van der Waals surface area contributed by atoms with Crippen LogP contribution in [0.5, 0.6) is 0 Å². The van der Waals surface area contributed by atoms with Crippen molar-refractivity contribution in [2.45, 2.75) is 32.2 Å². The third-order valence-corrected chi connectivity index (χ3v) is 3.83. The molecule has 0 N–H and O–H groups in total. The van der Waals surface area contributed by atoms with Gasteiger partial charge in [-0.05, 0) is 35.2 Å². The van der Waals surface area contributed by atoms with Crippen LogP contribution in [0.15, 0.2) is 23.2 Å². The summed E-state index contributed by atoms with van der Waals surface area (Å²) in [5, 5.41) is 0. The highest BCUT2D eigenvalue weighted by molar-refractivity contribution is 9.10. The normalized spacial score (nSPS) is 20.4. The van der Waals surface area contributed by atoms with Crippen LogP contribution >= 0.6 is 15.9 Å². The minimum absolute atomic E-state index is 0.609. The van der Waals surface area contributed by atoms with E-state index < -0.39 is 0 Å². The summed E-state index contributed by atoms with van der Waals surface area (Å²) in [5.41, 5.74) is 0.952. The van der Waals surface area contributed by atoms with Gasteiger partial charge in [-0.3, -0.25) is 0 Å². The molecule has 0 aromatic carbocycles. The van der Waals surface area contributed by atoms with E-state index in [1.165, 1.54) is 19.3 Å². The van der Waals surface area contributed by atoms with Crippen molar-refractivity contribution in [2.24, 2.45) is 0 Å². The molecule has 5 heteroatoms. The Kier molecular flexibility index (Phi) is 2.78. The van der Waals surface area contributed by atoms with E-state index in [1.807, 2.05) is 23.0 Å². The third-order valence-electron chi connectivity index (χ3n) is 3.45. The molecule has 2 aromatic heterocycles. The van der Waals surface area contributed by atoms with E-state index in [1.54, 1.807) is 0 Å². The molecule has 1 atom stereocenters. The van der Waals surface area contributed by atoms with E-state index in [-0.39, 0.29) is 0 Å². The van der Waals surface area contributed by atoms with Gasteiger partial charge in [0.1, 0.15) is 4.60 Å². The minimum Gasteiger partial charge on any atom is -0.351 e. The smallest absolute Gasteiger partial charge is 0.180 e. The lowest BCUT2D eigenvalue weighted by molar-refractivity contribution is 0.640. The molecule has 1 fully saturated rings. The Hall–Kier alpha value is -1.10. The highest BCUT2D eigenvalue weighted by Gasteiger charge is 2.26. The molecule has 0 bridgehead atoms. The molecule has 1 unspecified atom stereocenters. The molecule has 1 aliphatic heterocycles. The third kappa shape index (κ3) is 1.82.